The Balaban J connectivity index is 1.61. The number of amides is 1. The molecule has 7 nitrogen and oxygen atoms in total. The molecule has 7 heteroatoms. The zero-order valence-corrected chi connectivity index (χ0v) is 19.0. The molecule has 0 fully saturated rings. The van der Waals surface area contributed by atoms with Crippen LogP contribution in [0.4, 0.5) is 0 Å². The van der Waals surface area contributed by atoms with Crippen LogP contribution in [0, 0.1) is 0 Å². The van der Waals surface area contributed by atoms with Gasteiger partial charge in [0.2, 0.25) is 0 Å². The van der Waals surface area contributed by atoms with E-state index in [1.807, 2.05) is 42.8 Å². The summed E-state index contributed by atoms with van der Waals surface area (Å²) in [5, 5.41) is 8.26. The predicted octanol–water partition coefficient (Wildman–Crippen LogP) is 4.65. The van der Waals surface area contributed by atoms with E-state index in [1.54, 1.807) is 18.5 Å². The number of benzene rings is 1. The summed E-state index contributed by atoms with van der Waals surface area (Å²) in [5.74, 6) is 0.454. The molecule has 0 aliphatic rings. The van der Waals surface area contributed by atoms with Crippen LogP contribution >= 0.6 is 0 Å². The predicted molar refractivity (Wildman–Crippen MR) is 125 cm³/mol. The molecule has 0 aliphatic heterocycles. The van der Waals surface area contributed by atoms with E-state index in [2.05, 4.69) is 41.4 Å². The Morgan fingerprint density at radius 3 is 2.72 bits per heavy atom. The molecule has 0 radical (unpaired) electrons. The summed E-state index contributed by atoms with van der Waals surface area (Å²) >= 11 is 0. The Hall–Kier alpha value is -3.45. The van der Waals surface area contributed by atoms with Gasteiger partial charge in [0.05, 0.1) is 23.4 Å². The first-order chi connectivity index (χ1) is 15.5. The van der Waals surface area contributed by atoms with E-state index in [-0.39, 0.29) is 11.9 Å². The van der Waals surface area contributed by atoms with Gasteiger partial charge < -0.3 is 14.6 Å². The van der Waals surface area contributed by atoms with E-state index in [0.717, 1.165) is 24.0 Å². The highest BCUT2D eigenvalue weighted by Gasteiger charge is 2.19. The molecule has 0 spiro atoms. The van der Waals surface area contributed by atoms with Gasteiger partial charge in [-0.25, -0.2) is 9.67 Å². The van der Waals surface area contributed by atoms with Crippen LogP contribution in [0.3, 0.4) is 0 Å². The van der Waals surface area contributed by atoms with Gasteiger partial charge >= 0.3 is 0 Å². The van der Waals surface area contributed by atoms with E-state index in [4.69, 9.17) is 9.40 Å². The highest BCUT2D eigenvalue weighted by atomic mass is 16.3. The van der Waals surface area contributed by atoms with E-state index < -0.39 is 0 Å². The first-order valence-corrected chi connectivity index (χ1v) is 10.9. The maximum absolute atomic E-state index is 13.2. The zero-order valence-electron chi connectivity index (χ0n) is 19.0. The molecule has 32 heavy (non-hydrogen) atoms. The molecule has 4 rings (SSSR count). The molecule has 3 heterocycles. The molecule has 166 valence electrons. The normalized spacial score (nSPS) is 11.6. The number of rotatable bonds is 8. The van der Waals surface area contributed by atoms with E-state index in [9.17, 15) is 4.79 Å². The Kier molecular flexibility index (Phi) is 6.37. The number of nitrogens with one attached hydrogen (secondary N) is 1. The number of carbonyl (C=O) groups excluding carboxylic acids is 1. The molecule has 1 aromatic carbocycles. The maximum atomic E-state index is 13.2. The summed E-state index contributed by atoms with van der Waals surface area (Å²) in [6.45, 7) is 8.52. The zero-order chi connectivity index (χ0) is 22.7. The quantitative estimate of drug-likeness (QED) is 0.439. The lowest BCUT2D eigenvalue weighted by Gasteiger charge is -2.14. The molecular formula is C25H29N5O2. The minimum absolute atomic E-state index is 0.117. The molecule has 4 aromatic rings. The smallest absolute Gasteiger partial charge is 0.252 e. The number of aromatic nitrogens is 3. The van der Waals surface area contributed by atoms with Crippen LogP contribution in [0.2, 0.25) is 0 Å². The second-order valence-electron chi connectivity index (χ2n) is 8.29. The number of pyridine rings is 1. The summed E-state index contributed by atoms with van der Waals surface area (Å²) in [4.78, 5) is 20.2. The average molecular weight is 432 g/mol. The van der Waals surface area contributed by atoms with Crippen molar-refractivity contribution in [2.45, 2.75) is 39.9 Å². The Morgan fingerprint density at radius 1 is 1.19 bits per heavy atom. The van der Waals surface area contributed by atoms with Crippen LogP contribution in [-0.2, 0) is 13.1 Å². The third-order valence-electron chi connectivity index (χ3n) is 5.51. The fourth-order valence-corrected chi connectivity index (χ4v) is 3.67. The Bertz CT molecular complexity index is 1210. The number of furan rings is 1. The van der Waals surface area contributed by atoms with Crippen molar-refractivity contribution in [3.05, 3.63) is 71.6 Å². The molecule has 0 unspecified atom stereocenters. The number of hydrogen-bond acceptors (Lipinski definition) is 5. The van der Waals surface area contributed by atoms with Crippen LogP contribution < -0.4 is 5.32 Å². The monoisotopic (exact) mass is 431 g/mol. The van der Waals surface area contributed by atoms with E-state index in [0.29, 0.717) is 29.2 Å². The number of fused-ring (bicyclic) bond motifs is 1. The average Bonchev–Trinajstić information content (AvgIpc) is 3.47. The van der Waals surface area contributed by atoms with Crippen molar-refractivity contribution >= 4 is 16.9 Å². The van der Waals surface area contributed by atoms with E-state index >= 15 is 0 Å². The van der Waals surface area contributed by atoms with Crippen LogP contribution in [0.15, 0.2) is 59.3 Å². The van der Waals surface area contributed by atoms with Gasteiger partial charge in [0.25, 0.3) is 5.91 Å². The number of carbonyl (C=O) groups is 1. The van der Waals surface area contributed by atoms with Gasteiger partial charge in [0.1, 0.15) is 5.69 Å². The molecule has 0 saturated heterocycles. The molecule has 3 aromatic heterocycles. The van der Waals surface area contributed by atoms with Crippen molar-refractivity contribution in [1.82, 2.24) is 25.0 Å². The lowest BCUT2D eigenvalue weighted by Crippen LogP contribution is -2.23. The highest BCUT2D eigenvalue weighted by Crippen LogP contribution is 2.26. The minimum atomic E-state index is -0.162. The van der Waals surface area contributed by atoms with Crippen LogP contribution in [0.25, 0.3) is 22.5 Å². The molecule has 0 saturated carbocycles. The van der Waals surface area contributed by atoms with Crippen LogP contribution in [0.1, 0.15) is 48.3 Å². The van der Waals surface area contributed by atoms with Crippen molar-refractivity contribution in [2.24, 2.45) is 0 Å². The highest BCUT2D eigenvalue weighted by molar-refractivity contribution is 6.06. The molecule has 0 aliphatic carbocycles. The third kappa shape index (κ3) is 4.57. The van der Waals surface area contributed by atoms with Gasteiger partial charge in [-0.05, 0) is 56.8 Å². The largest absolute Gasteiger partial charge is 0.463 e. The number of nitrogens with zero attached hydrogens (tertiary/aromatic N) is 4. The second-order valence-corrected chi connectivity index (χ2v) is 8.29. The van der Waals surface area contributed by atoms with Crippen LogP contribution in [-0.4, -0.2) is 39.2 Å². The lowest BCUT2D eigenvalue weighted by atomic mass is 10.1. The maximum Gasteiger partial charge on any atom is 0.252 e. The van der Waals surface area contributed by atoms with Gasteiger partial charge in [-0.3, -0.25) is 4.79 Å². The van der Waals surface area contributed by atoms with Gasteiger partial charge in [0.15, 0.2) is 11.4 Å². The van der Waals surface area contributed by atoms with Crippen molar-refractivity contribution in [3.8, 4) is 11.5 Å². The Morgan fingerprint density at radius 2 is 2.00 bits per heavy atom. The summed E-state index contributed by atoms with van der Waals surface area (Å²) < 4.78 is 7.36. The minimum Gasteiger partial charge on any atom is -0.463 e. The van der Waals surface area contributed by atoms with Gasteiger partial charge in [-0.2, -0.15) is 5.10 Å². The Labute approximate surface area is 188 Å². The fourth-order valence-electron chi connectivity index (χ4n) is 3.67. The second kappa shape index (κ2) is 9.36. The van der Waals surface area contributed by atoms with Gasteiger partial charge in [-0.15, -0.1) is 0 Å². The van der Waals surface area contributed by atoms with Gasteiger partial charge in [0, 0.05) is 19.1 Å². The number of hydrogen-bond donors (Lipinski definition) is 1. The standard InChI is InChI=1S/C25H29N5O2/c1-5-29(4)16-19-9-6-8-18(12-19)14-26-25(31)20-13-22(23-10-7-11-32-23)28-24-21(20)15-27-30(24)17(2)3/h6-13,15,17H,5,14,16H2,1-4H3,(H,26,31). The van der Waals surface area contributed by atoms with Gasteiger partial charge in [-0.1, -0.05) is 31.2 Å². The summed E-state index contributed by atoms with van der Waals surface area (Å²) in [7, 11) is 2.09. The SMILES string of the molecule is CCN(C)Cc1cccc(CNC(=O)c2cc(-c3ccco3)nc3c2cnn3C(C)C)c1. The fraction of sp³-hybridized carbons (Fsp3) is 0.320. The topological polar surface area (TPSA) is 76.2 Å². The van der Waals surface area contributed by atoms with Crippen LogP contribution in [0.5, 0.6) is 0 Å². The van der Waals surface area contributed by atoms with Crippen molar-refractivity contribution in [2.75, 3.05) is 13.6 Å². The van der Waals surface area contributed by atoms with Crippen molar-refractivity contribution in [3.63, 3.8) is 0 Å². The van der Waals surface area contributed by atoms with Crippen molar-refractivity contribution < 1.29 is 9.21 Å². The summed E-state index contributed by atoms with van der Waals surface area (Å²) in [5.41, 5.74) is 4.11. The first-order valence-electron chi connectivity index (χ1n) is 10.9. The third-order valence-corrected chi connectivity index (χ3v) is 5.51. The molecule has 1 N–H and O–H groups in total. The molecule has 0 atom stereocenters. The lowest BCUT2D eigenvalue weighted by molar-refractivity contribution is 0.0952. The molecular weight excluding hydrogens is 402 g/mol. The van der Waals surface area contributed by atoms with Crippen molar-refractivity contribution in [1.29, 1.82) is 0 Å². The molecule has 0 bridgehead atoms. The van der Waals surface area contributed by atoms with E-state index in [1.165, 1.54) is 5.56 Å². The molecule has 1 amide bonds. The summed E-state index contributed by atoms with van der Waals surface area (Å²) in [6, 6.07) is 13.9. The summed E-state index contributed by atoms with van der Waals surface area (Å²) in [6.07, 6.45) is 3.31. The first kappa shape index (κ1) is 21.8.